The molecule has 2 aromatic carbocycles. The van der Waals surface area contributed by atoms with E-state index >= 15 is 0 Å². The predicted octanol–water partition coefficient (Wildman–Crippen LogP) is 4.82. The van der Waals surface area contributed by atoms with Crippen LogP contribution in [0.4, 0.5) is 11.5 Å². The van der Waals surface area contributed by atoms with Crippen LogP contribution < -0.4 is 11.1 Å². The maximum absolute atomic E-state index is 5.95. The van der Waals surface area contributed by atoms with Gasteiger partial charge in [-0.15, -0.1) is 12.3 Å². The molecule has 0 saturated carbocycles. The van der Waals surface area contributed by atoms with E-state index in [4.69, 9.17) is 17.1 Å². The number of nitrogens with two attached hydrogens (primary N) is 1. The lowest BCUT2D eigenvalue weighted by molar-refractivity contribution is 0.871. The van der Waals surface area contributed by atoms with Gasteiger partial charge < -0.3 is 11.1 Å². The number of rotatable bonds is 7. The van der Waals surface area contributed by atoms with Crippen molar-refractivity contribution < 1.29 is 0 Å². The molecule has 4 aromatic rings. The molecular weight excluding hydrogens is 432 g/mol. The van der Waals surface area contributed by atoms with E-state index in [-0.39, 0.29) is 0 Å². The molecule has 2 aromatic heterocycles. The standard InChI is InChI=1S/C29H26N6/c1-3-10-23-17-21(19-34-28(23)30)18-33-26-15-9-14-25(22-11-5-4-6-12-22)27(26)29(31-2)35-20-24-13-7-8-16-32-24/h1,4-9,11-19H,10,20H2,2H3,(H2,30,34)(H,31,35). The molecule has 6 nitrogen and oxygen atoms in total. The van der Waals surface area contributed by atoms with Crippen LogP contribution in [0, 0.1) is 12.3 Å². The minimum atomic E-state index is 0.416. The normalized spacial score (nSPS) is 11.4. The fraction of sp³-hybridized carbons (Fsp3) is 0.103. The summed E-state index contributed by atoms with van der Waals surface area (Å²) in [5.41, 5.74) is 12.3. The van der Waals surface area contributed by atoms with Gasteiger partial charge in [0.25, 0.3) is 0 Å². The second-order valence-corrected chi connectivity index (χ2v) is 7.76. The second-order valence-electron chi connectivity index (χ2n) is 7.76. The zero-order chi connectivity index (χ0) is 24.5. The topological polar surface area (TPSA) is 88.5 Å². The third-order valence-corrected chi connectivity index (χ3v) is 5.42. The molecule has 0 amide bonds. The lowest BCUT2D eigenvalue weighted by atomic mass is 9.97. The number of nitrogens with zero attached hydrogens (tertiary/aromatic N) is 4. The minimum Gasteiger partial charge on any atom is -0.383 e. The van der Waals surface area contributed by atoms with Crippen LogP contribution in [-0.2, 0) is 13.0 Å². The first-order chi connectivity index (χ1) is 17.2. The molecule has 0 aliphatic rings. The number of aromatic nitrogens is 2. The summed E-state index contributed by atoms with van der Waals surface area (Å²) in [6, 6.07) is 24.0. The summed E-state index contributed by atoms with van der Waals surface area (Å²) < 4.78 is 0. The molecular formula is C29H26N6. The van der Waals surface area contributed by atoms with Crippen molar-refractivity contribution in [1.82, 2.24) is 15.3 Å². The van der Waals surface area contributed by atoms with Gasteiger partial charge in [-0.25, -0.2) is 4.98 Å². The third-order valence-electron chi connectivity index (χ3n) is 5.42. The third kappa shape index (κ3) is 5.79. The average molecular weight is 459 g/mol. The fourth-order valence-electron chi connectivity index (χ4n) is 3.72. The number of aliphatic imine (C=N–C) groups is 2. The summed E-state index contributed by atoms with van der Waals surface area (Å²) in [5.74, 6) is 3.78. The van der Waals surface area contributed by atoms with Gasteiger partial charge >= 0.3 is 0 Å². The molecule has 0 aliphatic heterocycles. The van der Waals surface area contributed by atoms with Gasteiger partial charge in [-0.2, -0.15) is 0 Å². The molecule has 6 heteroatoms. The molecule has 0 unspecified atom stereocenters. The highest BCUT2D eigenvalue weighted by molar-refractivity contribution is 6.09. The van der Waals surface area contributed by atoms with Crippen LogP contribution >= 0.6 is 0 Å². The van der Waals surface area contributed by atoms with Crippen LogP contribution in [-0.4, -0.2) is 29.1 Å². The molecule has 2 heterocycles. The van der Waals surface area contributed by atoms with E-state index in [1.165, 1.54) is 0 Å². The Bertz CT molecular complexity index is 1390. The Morgan fingerprint density at radius 1 is 1.06 bits per heavy atom. The molecule has 0 saturated heterocycles. The first-order valence-corrected chi connectivity index (χ1v) is 11.2. The van der Waals surface area contributed by atoms with Gasteiger partial charge in [0, 0.05) is 48.8 Å². The second kappa shape index (κ2) is 11.4. The zero-order valence-electron chi connectivity index (χ0n) is 19.5. The first-order valence-electron chi connectivity index (χ1n) is 11.2. The van der Waals surface area contributed by atoms with Gasteiger partial charge in [-0.05, 0) is 35.4 Å². The van der Waals surface area contributed by atoms with Gasteiger partial charge in [-0.1, -0.05) is 48.5 Å². The Morgan fingerprint density at radius 2 is 1.89 bits per heavy atom. The van der Waals surface area contributed by atoms with Crippen LogP contribution in [0.1, 0.15) is 22.4 Å². The average Bonchev–Trinajstić information content (AvgIpc) is 2.91. The number of anilines is 1. The number of pyridine rings is 2. The molecule has 0 aliphatic carbocycles. The number of benzene rings is 2. The first kappa shape index (κ1) is 23.4. The maximum atomic E-state index is 5.95. The highest BCUT2D eigenvalue weighted by Gasteiger charge is 2.15. The van der Waals surface area contributed by atoms with Crippen LogP contribution in [0.25, 0.3) is 11.1 Å². The van der Waals surface area contributed by atoms with Crippen LogP contribution in [0.2, 0.25) is 0 Å². The molecule has 4 rings (SSSR count). The summed E-state index contributed by atoms with van der Waals surface area (Å²) in [6.45, 7) is 0.539. The highest BCUT2D eigenvalue weighted by atomic mass is 15.0. The summed E-state index contributed by atoms with van der Waals surface area (Å²) >= 11 is 0. The Morgan fingerprint density at radius 3 is 2.63 bits per heavy atom. The van der Waals surface area contributed by atoms with Crippen molar-refractivity contribution in [3.8, 4) is 23.5 Å². The van der Waals surface area contributed by atoms with E-state index in [2.05, 4.69) is 44.4 Å². The van der Waals surface area contributed by atoms with E-state index < -0.39 is 0 Å². The summed E-state index contributed by atoms with van der Waals surface area (Å²) in [6.07, 6.45) is 11.1. The number of nitrogen functional groups attached to an aromatic ring is 1. The van der Waals surface area contributed by atoms with E-state index in [0.717, 1.165) is 45.0 Å². The summed E-state index contributed by atoms with van der Waals surface area (Å²) in [5, 5.41) is 3.45. The van der Waals surface area contributed by atoms with Crippen LogP contribution in [0.3, 0.4) is 0 Å². The largest absolute Gasteiger partial charge is 0.383 e. The molecule has 172 valence electrons. The minimum absolute atomic E-state index is 0.416. The number of terminal acetylenes is 1. The van der Waals surface area contributed by atoms with Crippen molar-refractivity contribution in [2.24, 2.45) is 9.98 Å². The van der Waals surface area contributed by atoms with Gasteiger partial charge in [0.05, 0.1) is 17.9 Å². The van der Waals surface area contributed by atoms with E-state index in [1.807, 2.05) is 54.6 Å². The van der Waals surface area contributed by atoms with Crippen molar-refractivity contribution >= 4 is 23.6 Å². The van der Waals surface area contributed by atoms with E-state index in [9.17, 15) is 0 Å². The van der Waals surface area contributed by atoms with Gasteiger partial charge in [-0.3, -0.25) is 15.0 Å². The number of hydrogen-bond acceptors (Lipinski definition) is 5. The Kier molecular flexibility index (Phi) is 7.62. The van der Waals surface area contributed by atoms with Crippen LogP contribution in [0.15, 0.2) is 95.2 Å². The van der Waals surface area contributed by atoms with E-state index in [1.54, 1.807) is 25.7 Å². The number of nitrogens with one attached hydrogen (secondary N) is 1. The van der Waals surface area contributed by atoms with Crippen molar-refractivity contribution in [1.29, 1.82) is 0 Å². The van der Waals surface area contributed by atoms with Crippen LogP contribution in [0.5, 0.6) is 0 Å². The molecule has 3 N–H and O–H groups in total. The SMILES string of the molecule is C#CCc1cc(C=Nc2cccc(-c3ccccc3)c2C(=NC)NCc2ccccn2)cnc1N. The van der Waals surface area contributed by atoms with E-state index in [0.29, 0.717) is 18.8 Å². The fourth-order valence-corrected chi connectivity index (χ4v) is 3.72. The van der Waals surface area contributed by atoms with Gasteiger partial charge in [0.1, 0.15) is 11.7 Å². The van der Waals surface area contributed by atoms with Crippen molar-refractivity contribution in [3.05, 3.63) is 108 Å². The number of hydrogen-bond donors (Lipinski definition) is 2. The van der Waals surface area contributed by atoms with Crippen molar-refractivity contribution in [3.63, 3.8) is 0 Å². The Labute approximate surface area is 205 Å². The maximum Gasteiger partial charge on any atom is 0.131 e. The molecule has 0 spiro atoms. The zero-order valence-corrected chi connectivity index (χ0v) is 19.5. The number of amidine groups is 1. The predicted molar refractivity (Wildman–Crippen MR) is 144 cm³/mol. The van der Waals surface area contributed by atoms with Crippen molar-refractivity contribution in [2.45, 2.75) is 13.0 Å². The Balaban J connectivity index is 1.75. The smallest absolute Gasteiger partial charge is 0.131 e. The van der Waals surface area contributed by atoms with Gasteiger partial charge in [0.2, 0.25) is 0 Å². The monoisotopic (exact) mass is 458 g/mol. The molecule has 35 heavy (non-hydrogen) atoms. The molecule has 0 fully saturated rings. The lowest BCUT2D eigenvalue weighted by Crippen LogP contribution is -2.25. The van der Waals surface area contributed by atoms with Crippen molar-refractivity contribution in [2.75, 3.05) is 12.8 Å². The molecule has 0 radical (unpaired) electrons. The molecule has 0 bridgehead atoms. The molecule has 0 atom stereocenters. The quantitative estimate of drug-likeness (QED) is 0.236. The highest BCUT2D eigenvalue weighted by Crippen LogP contribution is 2.31. The Hall–Kier alpha value is -4.76. The lowest BCUT2D eigenvalue weighted by Gasteiger charge is -2.16. The summed E-state index contributed by atoms with van der Waals surface area (Å²) in [7, 11) is 1.77. The summed E-state index contributed by atoms with van der Waals surface area (Å²) in [4.78, 5) is 18.1. The van der Waals surface area contributed by atoms with Gasteiger partial charge in [0.15, 0.2) is 0 Å².